The zero-order valence-corrected chi connectivity index (χ0v) is 10.5. The number of carbonyl (C=O) groups is 1. The average molecular weight is 237 g/mol. The largest absolute Gasteiger partial charge is 0.384 e. The summed E-state index contributed by atoms with van der Waals surface area (Å²) in [5.41, 5.74) is 1.04. The van der Waals surface area contributed by atoms with E-state index >= 15 is 0 Å². The molecule has 0 aliphatic carbocycles. The Bertz CT molecular complexity index is 380. The maximum atomic E-state index is 11.3. The van der Waals surface area contributed by atoms with Crippen LogP contribution in [0.4, 0.5) is 5.82 Å². The Morgan fingerprint density at radius 1 is 1.53 bits per heavy atom. The van der Waals surface area contributed by atoms with Crippen molar-refractivity contribution < 1.29 is 9.90 Å². The van der Waals surface area contributed by atoms with Crippen molar-refractivity contribution in [1.82, 2.24) is 10.2 Å². The van der Waals surface area contributed by atoms with Crippen LogP contribution in [-0.4, -0.2) is 27.3 Å². The van der Waals surface area contributed by atoms with Crippen molar-refractivity contribution in [2.24, 2.45) is 0 Å². The summed E-state index contributed by atoms with van der Waals surface area (Å²) in [6, 6.07) is 1.80. The van der Waals surface area contributed by atoms with Crippen molar-refractivity contribution in [3.63, 3.8) is 0 Å². The van der Waals surface area contributed by atoms with Crippen LogP contribution < -0.4 is 5.32 Å². The van der Waals surface area contributed by atoms with Gasteiger partial charge in [-0.05, 0) is 30.9 Å². The van der Waals surface area contributed by atoms with Gasteiger partial charge in [0.15, 0.2) is 5.82 Å². The molecule has 1 aromatic heterocycles. The first-order valence-electron chi connectivity index (χ1n) is 5.86. The Hall–Kier alpha value is -1.49. The Labute approximate surface area is 101 Å². The second kappa shape index (κ2) is 6.30. The molecule has 17 heavy (non-hydrogen) atoms. The third-order valence-electron chi connectivity index (χ3n) is 2.60. The van der Waals surface area contributed by atoms with Gasteiger partial charge < -0.3 is 10.4 Å². The predicted molar refractivity (Wildman–Crippen MR) is 65.7 cm³/mol. The lowest BCUT2D eigenvalue weighted by Gasteiger charge is -2.11. The molecule has 1 amide bonds. The number of anilines is 1. The summed E-state index contributed by atoms with van der Waals surface area (Å²) in [6.45, 7) is 5.65. The van der Waals surface area contributed by atoms with Gasteiger partial charge in [0.25, 0.3) is 5.91 Å². The molecule has 0 bridgehead atoms. The van der Waals surface area contributed by atoms with E-state index in [1.54, 1.807) is 12.3 Å². The first kappa shape index (κ1) is 13.6. The van der Waals surface area contributed by atoms with Gasteiger partial charge in [-0.15, -0.1) is 5.10 Å². The van der Waals surface area contributed by atoms with E-state index in [-0.39, 0.29) is 0 Å². The molecule has 0 saturated heterocycles. The highest BCUT2D eigenvalue weighted by atomic mass is 16.3. The van der Waals surface area contributed by atoms with Gasteiger partial charge in [0.2, 0.25) is 0 Å². The molecule has 5 heteroatoms. The Morgan fingerprint density at radius 3 is 2.82 bits per heavy atom. The fourth-order valence-electron chi connectivity index (χ4n) is 1.54. The smallest absolute Gasteiger partial charge is 0.254 e. The summed E-state index contributed by atoms with van der Waals surface area (Å²) in [7, 11) is 0. The third-order valence-corrected chi connectivity index (χ3v) is 2.60. The monoisotopic (exact) mass is 237 g/mol. The Balaban J connectivity index is 2.75. The van der Waals surface area contributed by atoms with Gasteiger partial charge in [0.05, 0.1) is 6.20 Å². The molecule has 5 nitrogen and oxygen atoms in total. The second-order valence-corrected chi connectivity index (χ2v) is 4.23. The van der Waals surface area contributed by atoms with Gasteiger partial charge >= 0.3 is 0 Å². The number of nitrogens with zero attached hydrogens (tertiary/aromatic N) is 2. The number of aliphatic hydroxyl groups is 1. The maximum Gasteiger partial charge on any atom is 0.254 e. The van der Waals surface area contributed by atoms with Crippen molar-refractivity contribution >= 4 is 11.7 Å². The van der Waals surface area contributed by atoms with Gasteiger partial charge in [0.1, 0.15) is 6.10 Å². The number of hydrogen-bond acceptors (Lipinski definition) is 4. The van der Waals surface area contributed by atoms with Gasteiger partial charge in [-0.3, -0.25) is 4.79 Å². The van der Waals surface area contributed by atoms with Crippen molar-refractivity contribution in [2.45, 2.75) is 45.6 Å². The molecule has 2 unspecified atom stereocenters. The van der Waals surface area contributed by atoms with Crippen LogP contribution in [0.1, 0.15) is 45.1 Å². The molecule has 0 spiro atoms. The molecule has 2 N–H and O–H groups in total. The lowest BCUT2D eigenvalue weighted by atomic mass is 9.99. The Kier molecular flexibility index (Phi) is 5.03. The summed E-state index contributed by atoms with van der Waals surface area (Å²) < 4.78 is 0. The molecule has 94 valence electrons. The van der Waals surface area contributed by atoms with Crippen LogP contribution in [0.3, 0.4) is 0 Å². The molecule has 0 aliphatic rings. The molecule has 0 aliphatic heterocycles. The zero-order valence-electron chi connectivity index (χ0n) is 10.5. The second-order valence-electron chi connectivity index (χ2n) is 4.23. The van der Waals surface area contributed by atoms with Crippen LogP contribution in [0, 0.1) is 0 Å². The summed E-state index contributed by atoms with van der Waals surface area (Å²) in [5.74, 6) is 0.300. The van der Waals surface area contributed by atoms with E-state index in [1.165, 1.54) is 6.92 Å². The molecule has 1 heterocycles. The van der Waals surface area contributed by atoms with E-state index in [9.17, 15) is 4.79 Å². The van der Waals surface area contributed by atoms with E-state index in [4.69, 9.17) is 5.11 Å². The number of aromatic nitrogens is 2. The van der Waals surface area contributed by atoms with Crippen LogP contribution in [0.2, 0.25) is 0 Å². The first-order valence-corrected chi connectivity index (χ1v) is 5.86. The number of rotatable bonds is 5. The number of aliphatic hydroxyl groups excluding tert-OH is 1. The zero-order chi connectivity index (χ0) is 12.8. The van der Waals surface area contributed by atoms with E-state index in [2.05, 4.69) is 29.4 Å². The van der Waals surface area contributed by atoms with Gasteiger partial charge in [-0.25, -0.2) is 0 Å². The van der Waals surface area contributed by atoms with Crippen molar-refractivity contribution in [1.29, 1.82) is 0 Å². The molecule has 1 rings (SSSR count). The van der Waals surface area contributed by atoms with E-state index < -0.39 is 12.0 Å². The fourth-order valence-corrected chi connectivity index (χ4v) is 1.54. The average Bonchev–Trinajstić information content (AvgIpc) is 2.29. The standard InChI is InChI=1S/C12H19N3O2/c1-4-5-8(2)10-6-11(15-13-7-10)14-12(17)9(3)16/h6-9,16H,4-5H2,1-3H3,(H,14,15,17). The minimum atomic E-state index is -1.05. The van der Waals surface area contributed by atoms with Gasteiger partial charge in [-0.1, -0.05) is 20.3 Å². The van der Waals surface area contributed by atoms with E-state index in [1.807, 2.05) is 0 Å². The SMILES string of the molecule is CCCC(C)c1cnnc(NC(=O)C(C)O)c1. The summed E-state index contributed by atoms with van der Waals surface area (Å²) in [4.78, 5) is 11.3. The maximum absolute atomic E-state index is 11.3. The molecule has 0 saturated carbocycles. The number of amides is 1. The summed E-state index contributed by atoms with van der Waals surface area (Å²) in [5, 5.41) is 19.3. The molecule has 2 atom stereocenters. The minimum absolute atomic E-state index is 0.386. The normalized spacial score (nSPS) is 14.1. The van der Waals surface area contributed by atoms with Crippen LogP contribution in [0.5, 0.6) is 0 Å². The summed E-state index contributed by atoms with van der Waals surface area (Å²) in [6.07, 6.45) is 2.82. The minimum Gasteiger partial charge on any atom is -0.384 e. The quantitative estimate of drug-likeness (QED) is 0.817. The number of nitrogens with one attached hydrogen (secondary N) is 1. The molecule has 1 aromatic rings. The predicted octanol–water partition coefficient (Wildman–Crippen LogP) is 1.70. The van der Waals surface area contributed by atoms with E-state index in [0.29, 0.717) is 11.7 Å². The number of hydrogen-bond donors (Lipinski definition) is 2. The van der Waals surface area contributed by atoms with Crippen molar-refractivity contribution in [3.05, 3.63) is 17.8 Å². The molecule has 0 fully saturated rings. The summed E-state index contributed by atoms with van der Waals surface area (Å²) >= 11 is 0. The van der Waals surface area contributed by atoms with E-state index in [0.717, 1.165) is 18.4 Å². The fraction of sp³-hybridized carbons (Fsp3) is 0.583. The van der Waals surface area contributed by atoms with Crippen LogP contribution in [0.25, 0.3) is 0 Å². The van der Waals surface area contributed by atoms with Crippen LogP contribution >= 0.6 is 0 Å². The van der Waals surface area contributed by atoms with Crippen LogP contribution in [0.15, 0.2) is 12.3 Å². The lowest BCUT2D eigenvalue weighted by molar-refractivity contribution is -0.123. The molecule has 0 aromatic carbocycles. The Morgan fingerprint density at radius 2 is 2.24 bits per heavy atom. The van der Waals surface area contributed by atoms with Crippen LogP contribution in [-0.2, 0) is 4.79 Å². The van der Waals surface area contributed by atoms with Gasteiger partial charge in [0, 0.05) is 0 Å². The van der Waals surface area contributed by atoms with Gasteiger partial charge in [-0.2, -0.15) is 5.10 Å². The topological polar surface area (TPSA) is 75.1 Å². The highest BCUT2D eigenvalue weighted by Crippen LogP contribution is 2.20. The number of carbonyl (C=O) groups excluding carboxylic acids is 1. The molecular formula is C12H19N3O2. The highest BCUT2D eigenvalue weighted by molar-refractivity contribution is 5.92. The highest BCUT2D eigenvalue weighted by Gasteiger charge is 2.11. The first-order chi connectivity index (χ1) is 8.04. The third kappa shape index (κ3) is 4.11. The van der Waals surface area contributed by atoms with Crippen molar-refractivity contribution in [3.8, 4) is 0 Å². The molecule has 0 radical (unpaired) electrons. The lowest BCUT2D eigenvalue weighted by Crippen LogP contribution is -2.25. The van der Waals surface area contributed by atoms with Crippen molar-refractivity contribution in [2.75, 3.05) is 5.32 Å². The molecular weight excluding hydrogens is 218 g/mol.